The minimum atomic E-state index is -4.81. The van der Waals surface area contributed by atoms with E-state index in [9.17, 15) is 27.9 Å². The molecule has 0 fully saturated rings. The van der Waals surface area contributed by atoms with Crippen molar-refractivity contribution in [3.05, 3.63) is 48.3 Å². The largest absolute Gasteiger partial charge is 0.573 e. The molecule has 3 aromatic rings. The van der Waals surface area contributed by atoms with Gasteiger partial charge in [0.1, 0.15) is 5.75 Å². The number of aryl methyl sites for hydroxylation is 1. The number of amides is 1. The van der Waals surface area contributed by atoms with Crippen LogP contribution in [-0.2, 0) is 16.6 Å². The highest BCUT2D eigenvalue weighted by Gasteiger charge is 2.31. The number of aromatic nitrogens is 2. The average Bonchev–Trinajstić information content (AvgIpc) is 3.11. The fourth-order valence-corrected chi connectivity index (χ4v) is 2.98. The Morgan fingerprint density at radius 1 is 1.23 bits per heavy atom. The van der Waals surface area contributed by atoms with E-state index in [1.54, 1.807) is 17.7 Å². The molecule has 1 aromatic heterocycles. The van der Waals surface area contributed by atoms with Crippen molar-refractivity contribution in [2.24, 2.45) is 7.05 Å². The summed E-state index contributed by atoms with van der Waals surface area (Å²) in [5.74, 6) is -1.84. The first-order chi connectivity index (χ1) is 14.6. The molecular weight excluding hydrogens is 419 g/mol. The van der Waals surface area contributed by atoms with Crippen LogP contribution in [0, 0.1) is 0 Å². The average molecular weight is 437 g/mol. The fourth-order valence-electron chi connectivity index (χ4n) is 2.98. The standard InChI is InChI=1S/C20H18F3N3O5/c1-26-10-24-17-14(11-3-5-13(6-4-11)31-20(21,22)23)7-12(8-16(17)26)18(28)25-15(9-27)19(29)30-2/h3-8,10,15,27H,9H2,1-2H3,(H,25,28). The Morgan fingerprint density at radius 2 is 1.90 bits per heavy atom. The van der Waals surface area contributed by atoms with Gasteiger partial charge in [-0.1, -0.05) is 12.1 Å². The predicted octanol–water partition coefficient (Wildman–Crippen LogP) is 2.40. The van der Waals surface area contributed by atoms with Crippen LogP contribution >= 0.6 is 0 Å². The molecule has 1 heterocycles. The normalized spacial score (nSPS) is 12.5. The maximum Gasteiger partial charge on any atom is 0.573 e. The maximum absolute atomic E-state index is 12.7. The van der Waals surface area contributed by atoms with E-state index in [2.05, 4.69) is 19.8 Å². The number of benzene rings is 2. The minimum absolute atomic E-state index is 0.157. The number of methoxy groups -OCH3 is 1. The van der Waals surface area contributed by atoms with Crippen LogP contribution in [-0.4, -0.2) is 52.7 Å². The number of halogens is 3. The number of carbonyl (C=O) groups is 2. The van der Waals surface area contributed by atoms with E-state index < -0.39 is 30.9 Å². The van der Waals surface area contributed by atoms with Gasteiger partial charge >= 0.3 is 12.3 Å². The summed E-state index contributed by atoms with van der Waals surface area (Å²) < 4.78 is 47.3. The van der Waals surface area contributed by atoms with E-state index >= 15 is 0 Å². The van der Waals surface area contributed by atoms with Crippen molar-refractivity contribution in [2.75, 3.05) is 13.7 Å². The van der Waals surface area contributed by atoms with Crippen molar-refractivity contribution in [2.45, 2.75) is 12.4 Å². The van der Waals surface area contributed by atoms with Crippen molar-refractivity contribution in [3.63, 3.8) is 0 Å². The molecule has 1 unspecified atom stereocenters. The summed E-state index contributed by atoms with van der Waals surface area (Å²) in [5, 5.41) is 11.7. The highest BCUT2D eigenvalue weighted by Crippen LogP contribution is 2.31. The third kappa shape index (κ3) is 4.94. The van der Waals surface area contributed by atoms with Crippen molar-refractivity contribution in [1.82, 2.24) is 14.9 Å². The SMILES string of the molecule is COC(=O)C(CO)NC(=O)c1cc(-c2ccc(OC(F)(F)F)cc2)c2ncn(C)c2c1. The molecule has 3 rings (SSSR count). The Bertz CT molecular complexity index is 1110. The second kappa shape index (κ2) is 8.64. The summed E-state index contributed by atoms with van der Waals surface area (Å²) in [5.41, 5.74) is 2.25. The van der Waals surface area contributed by atoms with Gasteiger partial charge in [-0.3, -0.25) is 4.79 Å². The Kier molecular flexibility index (Phi) is 6.16. The van der Waals surface area contributed by atoms with Crippen molar-refractivity contribution < 1.29 is 37.3 Å². The summed E-state index contributed by atoms with van der Waals surface area (Å²) in [6.45, 7) is -0.653. The van der Waals surface area contributed by atoms with Gasteiger partial charge in [-0.2, -0.15) is 0 Å². The summed E-state index contributed by atoms with van der Waals surface area (Å²) >= 11 is 0. The zero-order chi connectivity index (χ0) is 22.8. The second-order valence-corrected chi connectivity index (χ2v) is 6.55. The minimum Gasteiger partial charge on any atom is -0.467 e. The van der Waals surface area contributed by atoms with E-state index in [0.717, 1.165) is 19.2 Å². The second-order valence-electron chi connectivity index (χ2n) is 6.55. The smallest absolute Gasteiger partial charge is 0.467 e. The van der Waals surface area contributed by atoms with E-state index in [1.165, 1.54) is 24.5 Å². The van der Waals surface area contributed by atoms with Gasteiger partial charge in [0.25, 0.3) is 5.91 Å². The van der Waals surface area contributed by atoms with Crippen molar-refractivity contribution in [3.8, 4) is 16.9 Å². The molecule has 2 N–H and O–H groups in total. The van der Waals surface area contributed by atoms with Crippen LogP contribution in [0.4, 0.5) is 13.2 Å². The first kappa shape index (κ1) is 22.1. The van der Waals surface area contributed by atoms with Gasteiger partial charge in [-0.15, -0.1) is 13.2 Å². The van der Waals surface area contributed by atoms with E-state index in [0.29, 0.717) is 22.2 Å². The Hall–Kier alpha value is -3.60. The number of hydrogen-bond acceptors (Lipinski definition) is 6. The zero-order valence-corrected chi connectivity index (χ0v) is 16.4. The Labute approximate surface area is 174 Å². The number of hydrogen-bond donors (Lipinski definition) is 2. The lowest BCUT2D eigenvalue weighted by Crippen LogP contribution is -2.44. The highest BCUT2D eigenvalue weighted by atomic mass is 19.4. The number of carbonyl (C=O) groups excluding carboxylic acids is 2. The molecular formula is C20H18F3N3O5. The summed E-state index contributed by atoms with van der Waals surface area (Å²) in [7, 11) is 2.84. The summed E-state index contributed by atoms with van der Waals surface area (Å²) in [4.78, 5) is 28.7. The Morgan fingerprint density at radius 3 is 2.48 bits per heavy atom. The lowest BCUT2D eigenvalue weighted by Gasteiger charge is -2.15. The lowest BCUT2D eigenvalue weighted by atomic mass is 10.0. The topological polar surface area (TPSA) is 103 Å². The van der Waals surface area contributed by atoms with E-state index in [-0.39, 0.29) is 11.3 Å². The van der Waals surface area contributed by atoms with Gasteiger partial charge in [-0.25, -0.2) is 9.78 Å². The van der Waals surface area contributed by atoms with Gasteiger partial charge in [-0.05, 0) is 29.8 Å². The number of nitrogens with one attached hydrogen (secondary N) is 1. The van der Waals surface area contributed by atoms with Gasteiger partial charge in [0.15, 0.2) is 6.04 Å². The van der Waals surface area contributed by atoms with Crippen LogP contribution < -0.4 is 10.1 Å². The first-order valence-electron chi connectivity index (χ1n) is 8.93. The van der Waals surface area contributed by atoms with Crippen LogP contribution in [0.2, 0.25) is 0 Å². The molecule has 1 atom stereocenters. The highest BCUT2D eigenvalue weighted by molar-refractivity contribution is 6.03. The Balaban J connectivity index is 2.00. The molecule has 1 amide bonds. The third-order valence-electron chi connectivity index (χ3n) is 4.46. The van der Waals surface area contributed by atoms with E-state index in [4.69, 9.17) is 0 Å². The van der Waals surface area contributed by atoms with E-state index in [1.807, 2.05) is 0 Å². The molecule has 0 aliphatic heterocycles. The zero-order valence-electron chi connectivity index (χ0n) is 16.4. The summed E-state index contributed by atoms with van der Waals surface area (Å²) in [6.07, 6.45) is -3.28. The van der Waals surface area contributed by atoms with Gasteiger partial charge in [0.05, 0.1) is 31.1 Å². The number of aliphatic hydroxyl groups excluding tert-OH is 1. The monoisotopic (exact) mass is 437 g/mol. The van der Waals surface area contributed by atoms with Crippen LogP contribution in [0.25, 0.3) is 22.2 Å². The number of rotatable bonds is 6. The van der Waals surface area contributed by atoms with Crippen molar-refractivity contribution >= 4 is 22.9 Å². The summed E-state index contributed by atoms with van der Waals surface area (Å²) in [6, 6.07) is 6.94. The van der Waals surface area contributed by atoms with Crippen LogP contribution in [0.3, 0.4) is 0 Å². The number of nitrogens with zero attached hydrogens (tertiary/aromatic N) is 2. The van der Waals surface area contributed by atoms with Gasteiger partial charge in [0, 0.05) is 18.2 Å². The molecule has 8 nitrogen and oxygen atoms in total. The molecule has 0 saturated heterocycles. The molecule has 0 radical (unpaired) electrons. The lowest BCUT2D eigenvalue weighted by molar-refractivity contribution is -0.274. The van der Waals surface area contributed by atoms with Gasteiger partial charge in [0.2, 0.25) is 0 Å². The molecule has 0 spiro atoms. The molecule has 2 aromatic carbocycles. The van der Waals surface area contributed by atoms with Crippen LogP contribution in [0.5, 0.6) is 5.75 Å². The molecule has 31 heavy (non-hydrogen) atoms. The number of esters is 1. The number of fused-ring (bicyclic) bond motifs is 1. The van der Waals surface area contributed by atoms with Gasteiger partial charge < -0.3 is 24.5 Å². The molecule has 0 aliphatic rings. The maximum atomic E-state index is 12.7. The molecule has 0 saturated carbocycles. The molecule has 0 aliphatic carbocycles. The van der Waals surface area contributed by atoms with Crippen LogP contribution in [0.1, 0.15) is 10.4 Å². The van der Waals surface area contributed by atoms with Crippen LogP contribution in [0.15, 0.2) is 42.7 Å². The molecule has 11 heteroatoms. The fraction of sp³-hybridized carbons (Fsp3) is 0.250. The number of aliphatic hydroxyl groups is 1. The number of alkyl halides is 3. The number of ether oxygens (including phenoxy) is 2. The number of imidazole rings is 1. The predicted molar refractivity (Wildman–Crippen MR) is 103 cm³/mol. The van der Waals surface area contributed by atoms with Crippen molar-refractivity contribution in [1.29, 1.82) is 0 Å². The third-order valence-corrected chi connectivity index (χ3v) is 4.46. The molecule has 164 valence electrons. The molecule has 0 bridgehead atoms. The first-order valence-corrected chi connectivity index (χ1v) is 8.93. The quantitative estimate of drug-likeness (QED) is 0.575.